The van der Waals surface area contributed by atoms with Crippen LogP contribution in [0.1, 0.15) is 106 Å². The largest absolute Gasteiger partial charge is 0.334 e. The molecule has 0 radical (unpaired) electrons. The minimum Gasteiger partial charge on any atom is -0.334 e. The summed E-state index contributed by atoms with van der Waals surface area (Å²) in [5.74, 6) is 0. The predicted molar refractivity (Wildman–Crippen MR) is 258 cm³/mol. The molecule has 11 rings (SSSR count). The maximum Gasteiger partial charge on any atom is 0.0726 e. The molecule has 1 atom stereocenters. The second kappa shape index (κ2) is 13.2. The molecule has 300 valence electrons. The molecule has 7 aromatic carbocycles. The summed E-state index contributed by atoms with van der Waals surface area (Å²) in [5, 5.41) is 0. The molecule has 1 heteroatoms. The maximum absolute atomic E-state index is 2.67. The van der Waals surface area contributed by atoms with Crippen LogP contribution in [-0.4, -0.2) is 6.04 Å². The molecule has 1 unspecified atom stereocenters. The highest BCUT2D eigenvalue weighted by Gasteiger charge is 2.53. The predicted octanol–water partition coefficient (Wildman–Crippen LogP) is 15.5. The van der Waals surface area contributed by atoms with Gasteiger partial charge >= 0.3 is 0 Å². The molecule has 0 saturated heterocycles. The molecule has 0 amide bonds. The lowest BCUT2D eigenvalue weighted by Crippen LogP contribution is -2.34. The molecular weight excluding hydrogens is 735 g/mol. The zero-order valence-corrected chi connectivity index (χ0v) is 36.9. The average molecular weight is 790 g/mol. The number of allylic oxidation sites excluding steroid dienone is 2. The average Bonchev–Trinajstić information content (AvgIpc) is 3.81. The van der Waals surface area contributed by atoms with Gasteiger partial charge in [0.1, 0.15) is 0 Å². The number of anilines is 2. The van der Waals surface area contributed by atoms with Crippen LogP contribution in [0, 0.1) is 0 Å². The summed E-state index contributed by atoms with van der Waals surface area (Å²) < 4.78 is 0. The first kappa shape index (κ1) is 37.8. The lowest BCUT2D eigenvalue weighted by atomic mass is 9.68. The van der Waals surface area contributed by atoms with Crippen molar-refractivity contribution in [2.45, 2.75) is 89.5 Å². The minimum absolute atomic E-state index is 0.00313. The van der Waals surface area contributed by atoms with E-state index in [1.165, 1.54) is 100 Å². The van der Waals surface area contributed by atoms with Gasteiger partial charge in [-0.15, -0.1) is 0 Å². The fraction of sp³-hybridized carbons (Fsp3) is 0.233. The van der Waals surface area contributed by atoms with Crippen LogP contribution in [0.25, 0.3) is 39.0 Å². The van der Waals surface area contributed by atoms with Gasteiger partial charge in [-0.2, -0.15) is 0 Å². The van der Waals surface area contributed by atoms with Gasteiger partial charge in [-0.3, -0.25) is 0 Å². The van der Waals surface area contributed by atoms with Crippen molar-refractivity contribution in [2.24, 2.45) is 0 Å². The highest BCUT2D eigenvalue weighted by molar-refractivity contribution is 5.97. The van der Waals surface area contributed by atoms with Crippen LogP contribution in [0.4, 0.5) is 11.4 Å². The topological polar surface area (TPSA) is 3.24 Å². The SMILES string of the molecule is CC(C)(C)c1ccc2c(c1)C1(c3ccccc3-c3ccc(N(c4ccccc4-c4ccccc4)C4C=CC5=C(C4)C(C)(C)c4ccccc45)cc31)c1cc(C(C)(C)C)ccc1-2. The van der Waals surface area contributed by atoms with Gasteiger partial charge in [-0.25, -0.2) is 0 Å². The van der Waals surface area contributed by atoms with E-state index in [0.717, 1.165) is 6.42 Å². The molecule has 0 aromatic heterocycles. The second-order valence-electron chi connectivity index (χ2n) is 20.5. The third kappa shape index (κ3) is 5.45. The van der Waals surface area contributed by atoms with E-state index in [1.54, 1.807) is 0 Å². The zero-order chi connectivity index (χ0) is 42.1. The molecule has 0 saturated carbocycles. The van der Waals surface area contributed by atoms with E-state index in [4.69, 9.17) is 0 Å². The van der Waals surface area contributed by atoms with Crippen LogP contribution in [0.15, 0.2) is 175 Å². The Morgan fingerprint density at radius 3 is 1.62 bits per heavy atom. The highest BCUT2D eigenvalue weighted by atomic mass is 15.2. The normalized spacial score (nSPS) is 17.4. The lowest BCUT2D eigenvalue weighted by Gasteiger charge is -2.39. The first-order valence-corrected chi connectivity index (χ1v) is 22.3. The van der Waals surface area contributed by atoms with Gasteiger partial charge in [0.2, 0.25) is 0 Å². The van der Waals surface area contributed by atoms with Crippen molar-refractivity contribution in [2.75, 3.05) is 4.90 Å². The van der Waals surface area contributed by atoms with Crippen LogP contribution in [-0.2, 0) is 21.7 Å². The van der Waals surface area contributed by atoms with Crippen molar-refractivity contribution >= 4 is 16.9 Å². The zero-order valence-electron chi connectivity index (χ0n) is 36.9. The molecule has 0 N–H and O–H groups in total. The maximum atomic E-state index is 2.67. The Morgan fingerprint density at radius 1 is 0.475 bits per heavy atom. The first-order chi connectivity index (χ1) is 29.3. The van der Waals surface area contributed by atoms with Gasteiger partial charge < -0.3 is 4.90 Å². The van der Waals surface area contributed by atoms with Gasteiger partial charge in [-0.05, 0) is 119 Å². The van der Waals surface area contributed by atoms with E-state index >= 15 is 0 Å². The number of hydrogen-bond donors (Lipinski definition) is 0. The summed E-state index contributed by atoms with van der Waals surface area (Å²) in [7, 11) is 0. The van der Waals surface area contributed by atoms with Gasteiger partial charge in [-0.1, -0.05) is 207 Å². The third-order valence-electron chi connectivity index (χ3n) is 14.6. The van der Waals surface area contributed by atoms with Crippen molar-refractivity contribution in [1.29, 1.82) is 0 Å². The number of hydrogen-bond acceptors (Lipinski definition) is 1. The van der Waals surface area contributed by atoms with Crippen molar-refractivity contribution in [3.05, 3.63) is 220 Å². The smallest absolute Gasteiger partial charge is 0.0726 e. The van der Waals surface area contributed by atoms with E-state index in [2.05, 4.69) is 230 Å². The van der Waals surface area contributed by atoms with Crippen LogP contribution in [0.2, 0.25) is 0 Å². The van der Waals surface area contributed by atoms with Crippen molar-refractivity contribution < 1.29 is 0 Å². The molecule has 4 aliphatic rings. The molecule has 4 aliphatic carbocycles. The van der Waals surface area contributed by atoms with Gasteiger partial charge in [0, 0.05) is 22.4 Å². The molecule has 0 heterocycles. The summed E-state index contributed by atoms with van der Waals surface area (Å²) in [6.07, 6.45) is 5.86. The summed E-state index contributed by atoms with van der Waals surface area (Å²) in [5.41, 5.74) is 23.8. The Balaban J connectivity index is 1.18. The number of benzene rings is 7. The summed E-state index contributed by atoms with van der Waals surface area (Å²) in [6.45, 7) is 18.9. The van der Waals surface area contributed by atoms with Crippen molar-refractivity contribution in [1.82, 2.24) is 0 Å². The highest BCUT2D eigenvalue weighted by Crippen LogP contribution is 2.64. The fourth-order valence-electron chi connectivity index (χ4n) is 11.5. The van der Waals surface area contributed by atoms with E-state index in [1.807, 2.05) is 0 Å². The number of para-hydroxylation sites is 1. The molecule has 61 heavy (non-hydrogen) atoms. The molecule has 1 spiro atoms. The van der Waals surface area contributed by atoms with E-state index in [-0.39, 0.29) is 22.3 Å². The van der Waals surface area contributed by atoms with Gasteiger partial charge in [0.25, 0.3) is 0 Å². The van der Waals surface area contributed by atoms with Crippen molar-refractivity contribution in [3.63, 3.8) is 0 Å². The Labute approximate surface area is 363 Å². The number of fused-ring (bicyclic) bond motifs is 12. The minimum atomic E-state index is -0.479. The Kier molecular flexibility index (Phi) is 8.15. The van der Waals surface area contributed by atoms with Crippen LogP contribution in [0.3, 0.4) is 0 Å². The van der Waals surface area contributed by atoms with Gasteiger partial charge in [0.05, 0.1) is 11.5 Å². The summed E-state index contributed by atoms with van der Waals surface area (Å²) >= 11 is 0. The van der Waals surface area contributed by atoms with E-state index in [0.29, 0.717) is 0 Å². The Morgan fingerprint density at radius 2 is 0.984 bits per heavy atom. The Bertz CT molecular complexity index is 2930. The van der Waals surface area contributed by atoms with Gasteiger partial charge in [0.15, 0.2) is 0 Å². The fourth-order valence-corrected chi connectivity index (χ4v) is 11.5. The quantitative estimate of drug-likeness (QED) is 0.172. The van der Waals surface area contributed by atoms with Crippen molar-refractivity contribution in [3.8, 4) is 33.4 Å². The number of nitrogens with zero attached hydrogens (tertiary/aromatic N) is 1. The molecule has 7 aromatic rings. The molecule has 0 bridgehead atoms. The lowest BCUT2D eigenvalue weighted by molar-refractivity contribution is 0.585. The summed E-state index contributed by atoms with van der Waals surface area (Å²) in [6, 6.07) is 60.6. The Hall–Kier alpha value is -6.18. The third-order valence-corrected chi connectivity index (χ3v) is 14.6. The first-order valence-electron chi connectivity index (χ1n) is 22.3. The monoisotopic (exact) mass is 789 g/mol. The standard InChI is InChI=1S/C60H55N/c1-57(2,3)39-26-30-47-48-31-27-40(58(4,5)6)35-54(48)60(53(47)34-39)51-24-16-13-22-45(51)49-33-29-42(37-55(49)60)61(56-25-17-14-20-43(56)38-18-10-9-11-19-38)41-28-32-46-44-21-12-15-23-50(44)59(7,8)52(46)36-41/h9-35,37,41H,36H2,1-8H3. The van der Waals surface area contributed by atoms with Crippen LogP contribution < -0.4 is 4.90 Å². The molecule has 0 fully saturated rings. The second-order valence-corrected chi connectivity index (χ2v) is 20.5. The molecule has 1 nitrogen and oxygen atoms in total. The number of rotatable bonds is 4. The summed E-state index contributed by atoms with van der Waals surface area (Å²) in [4.78, 5) is 2.67. The van der Waals surface area contributed by atoms with E-state index in [9.17, 15) is 0 Å². The van der Waals surface area contributed by atoms with E-state index < -0.39 is 5.41 Å². The van der Waals surface area contributed by atoms with Crippen LogP contribution >= 0.6 is 0 Å². The molecule has 0 aliphatic heterocycles. The van der Waals surface area contributed by atoms with Crippen LogP contribution in [0.5, 0.6) is 0 Å². The molecular formula is C60H55N.